The van der Waals surface area contributed by atoms with Gasteiger partial charge in [-0.25, -0.2) is 0 Å². The van der Waals surface area contributed by atoms with Crippen molar-refractivity contribution >= 4 is 40.0 Å². The number of carbonyl (C=O) groups is 3. The maximum Gasteiger partial charge on any atom is 0.185 e. The first-order valence-electron chi connectivity index (χ1n) is 14.9. The van der Waals surface area contributed by atoms with E-state index in [9.17, 15) is 14.4 Å². The average molecular weight is 577 g/mol. The van der Waals surface area contributed by atoms with E-state index in [1.807, 2.05) is 90.7 Å². The highest BCUT2D eigenvalue weighted by atomic mass is 16.5. The fourth-order valence-corrected chi connectivity index (χ4v) is 7.72. The zero-order valence-corrected chi connectivity index (χ0v) is 24.0. The van der Waals surface area contributed by atoms with Crippen molar-refractivity contribution < 1.29 is 19.1 Å². The summed E-state index contributed by atoms with van der Waals surface area (Å²) < 4.78 is 6.14. The van der Waals surface area contributed by atoms with Crippen LogP contribution in [-0.4, -0.2) is 41.0 Å². The summed E-state index contributed by atoms with van der Waals surface area (Å²) in [4.78, 5) is 51.7. The van der Waals surface area contributed by atoms with E-state index >= 15 is 0 Å². The molecule has 1 aliphatic carbocycles. The number of ketones is 3. The van der Waals surface area contributed by atoms with Crippen molar-refractivity contribution in [2.24, 2.45) is 5.41 Å². The monoisotopic (exact) mass is 576 g/mol. The van der Waals surface area contributed by atoms with Crippen molar-refractivity contribution in [1.82, 2.24) is 4.98 Å². The number of anilines is 1. The van der Waals surface area contributed by atoms with Crippen LogP contribution in [-0.2, 0) is 0 Å². The quantitative estimate of drug-likeness (QED) is 0.167. The summed E-state index contributed by atoms with van der Waals surface area (Å²) >= 11 is 0. The molecule has 1 saturated heterocycles. The van der Waals surface area contributed by atoms with Gasteiger partial charge >= 0.3 is 0 Å². The van der Waals surface area contributed by atoms with Gasteiger partial charge in [-0.05, 0) is 24.6 Å². The molecule has 0 radical (unpaired) electrons. The predicted molar refractivity (Wildman–Crippen MR) is 169 cm³/mol. The molecule has 0 saturated carbocycles. The highest BCUT2D eigenvalue weighted by Crippen LogP contribution is 2.62. The molecule has 0 amide bonds. The van der Waals surface area contributed by atoms with Gasteiger partial charge in [0.1, 0.15) is 17.2 Å². The lowest BCUT2D eigenvalue weighted by atomic mass is 9.64. The number of ether oxygens (including phenoxy) is 1. The number of hydrogen-bond donors (Lipinski definition) is 0. The molecule has 1 aromatic heterocycles. The molecule has 0 N–H and O–H groups in total. The van der Waals surface area contributed by atoms with Crippen LogP contribution in [0.25, 0.3) is 17.0 Å². The van der Waals surface area contributed by atoms with Gasteiger partial charge in [-0.2, -0.15) is 0 Å². The van der Waals surface area contributed by atoms with Crippen LogP contribution < -0.4 is 9.64 Å². The Kier molecular flexibility index (Phi) is 5.88. The molecule has 1 fully saturated rings. The van der Waals surface area contributed by atoms with Crippen LogP contribution in [0.15, 0.2) is 115 Å². The van der Waals surface area contributed by atoms with E-state index in [1.54, 1.807) is 42.6 Å². The molecule has 1 spiro atoms. The summed E-state index contributed by atoms with van der Waals surface area (Å²) in [5.74, 6) is -1.01. The lowest BCUT2D eigenvalue weighted by Gasteiger charge is -2.37. The molecule has 3 aliphatic rings. The van der Waals surface area contributed by atoms with Crippen LogP contribution in [0.5, 0.6) is 5.75 Å². The second-order valence-electron chi connectivity index (χ2n) is 11.5. The first kappa shape index (κ1) is 26.3. The minimum Gasteiger partial charge on any atom is -0.494 e. The van der Waals surface area contributed by atoms with Crippen LogP contribution in [0, 0.1) is 5.41 Å². The number of aromatic nitrogens is 1. The number of nitrogens with zero attached hydrogens (tertiary/aromatic N) is 2. The van der Waals surface area contributed by atoms with Gasteiger partial charge in [0.05, 0.1) is 23.9 Å². The third-order valence-electron chi connectivity index (χ3n) is 9.42. The Balaban J connectivity index is 1.50. The summed E-state index contributed by atoms with van der Waals surface area (Å²) in [6.45, 7) is 2.29. The summed E-state index contributed by atoms with van der Waals surface area (Å²) in [6, 6.07) is 29.9. The van der Waals surface area contributed by atoms with E-state index in [4.69, 9.17) is 9.72 Å². The Labute approximate surface area is 254 Å². The van der Waals surface area contributed by atoms with Gasteiger partial charge in [-0.3, -0.25) is 19.4 Å². The molecule has 6 heteroatoms. The highest BCUT2D eigenvalue weighted by Gasteiger charge is 2.72. The Morgan fingerprint density at radius 2 is 1.55 bits per heavy atom. The van der Waals surface area contributed by atoms with Crippen LogP contribution in [0.4, 0.5) is 5.69 Å². The standard InChI is InChI=1S/C38H28N2O4/c1-2-44-29-17-9-8-16-28(29)31-34(35(41)25-11-4-3-5-12-25)40-30(38(31)36(42)26-14-6-7-15-27(26)37(38)43)21-20-24-19-18-23-13-10-22-39-32(23)33(24)40/h3-22,30-31,34H,2H2,1H3/t30-,31-,34+/m1/s1. The lowest BCUT2D eigenvalue weighted by molar-refractivity contribution is 0.0664. The number of carbonyl (C=O) groups excluding carboxylic acids is 3. The van der Waals surface area contributed by atoms with E-state index in [1.165, 1.54) is 0 Å². The number of para-hydroxylation sites is 1. The van der Waals surface area contributed by atoms with Gasteiger partial charge in [0.25, 0.3) is 0 Å². The second kappa shape index (κ2) is 9.85. The maximum absolute atomic E-state index is 15.0. The van der Waals surface area contributed by atoms with Gasteiger partial charge in [0, 0.05) is 39.8 Å². The highest BCUT2D eigenvalue weighted by molar-refractivity contribution is 6.32. The van der Waals surface area contributed by atoms with Crippen LogP contribution in [0.3, 0.4) is 0 Å². The Morgan fingerprint density at radius 1 is 0.841 bits per heavy atom. The molecular weight excluding hydrogens is 548 g/mol. The van der Waals surface area contributed by atoms with Crippen molar-refractivity contribution in [2.45, 2.75) is 24.9 Å². The van der Waals surface area contributed by atoms with Crippen molar-refractivity contribution in [3.8, 4) is 5.75 Å². The molecule has 4 aromatic carbocycles. The molecule has 5 aromatic rings. The van der Waals surface area contributed by atoms with Crippen molar-refractivity contribution in [3.63, 3.8) is 0 Å². The van der Waals surface area contributed by atoms with Gasteiger partial charge in [-0.1, -0.05) is 103 Å². The Bertz CT molecular complexity index is 2000. The minimum absolute atomic E-state index is 0.172. The topological polar surface area (TPSA) is 76.6 Å². The SMILES string of the molecule is CCOc1ccccc1[C@@H]1[C@@H](C(=O)c2ccccc2)N2c3c(ccc4cccnc34)C=C[C@@H]2C12C(=O)c1ccccc1C2=O. The summed E-state index contributed by atoms with van der Waals surface area (Å²) in [6.07, 6.45) is 5.64. The smallest absolute Gasteiger partial charge is 0.185 e. The molecular formula is C38H28N2O4. The van der Waals surface area contributed by atoms with E-state index in [2.05, 4.69) is 0 Å². The molecule has 3 atom stereocenters. The fourth-order valence-electron chi connectivity index (χ4n) is 7.72. The third kappa shape index (κ3) is 3.42. The molecule has 0 unspecified atom stereocenters. The van der Waals surface area contributed by atoms with Crippen LogP contribution in [0.2, 0.25) is 0 Å². The van der Waals surface area contributed by atoms with E-state index in [-0.39, 0.29) is 17.3 Å². The molecule has 2 aliphatic heterocycles. The van der Waals surface area contributed by atoms with Gasteiger partial charge in [-0.15, -0.1) is 0 Å². The third-order valence-corrected chi connectivity index (χ3v) is 9.42. The molecule has 0 bridgehead atoms. The largest absolute Gasteiger partial charge is 0.494 e. The second-order valence-corrected chi connectivity index (χ2v) is 11.5. The van der Waals surface area contributed by atoms with Crippen LogP contribution >= 0.6 is 0 Å². The van der Waals surface area contributed by atoms with E-state index in [0.29, 0.717) is 34.6 Å². The number of Topliss-reactive ketones (excluding diaryl/α,β-unsaturated/α-hetero) is 3. The van der Waals surface area contributed by atoms with E-state index in [0.717, 1.165) is 22.2 Å². The molecule has 8 rings (SSSR count). The molecule has 44 heavy (non-hydrogen) atoms. The molecule has 3 heterocycles. The van der Waals surface area contributed by atoms with E-state index < -0.39 is 23.4 Å². The summed E-state index contributed by atoms with van der Waals surface area (Å²) in [7, 11) is 0. The van der Waals surface area contributed by atoms with Crippen molar-refractivity contribution in [3.05, 3.63) is 143 Å². The first-order valence-corrected chi connectivity index (χ1v) is 14.9. The number of fused-ring (bicyclic) bond motifs is 7. The molecule has 214 valence electrons. The van der Waals surface area contributed by atoms with Gasteiger partial charge in [0.2, 0.25) is 0 Å². The van der Waals surface area contributed by atoms with Gasteiger partial charge in [0.15, 0.2) is 17.3 Å². The van der Waals surface area contributed by atoms with Crippen molar-refractivity contribution in [1.29, 1.82) is 0 Å². The minimum atomic E-state index is -1.61. The summed E-state index contributed by atoms with van der Waals surface area (Å²) in [5.41, 5.74) is 2.67. The number of hydrogen-bond acceptors (Lipinski definition) is 6. The van der Waals surface area contributed by atoms with Crippen LogP contribution in [0.1, 0.15) is 55.0 Å². The number of benzene rings is 4. The normalized spacial score (nSPS) is 20.9. The lowest BCUT2D eigenvalue weighted by Crippen LogP contribution is -2.48. The molecule has 6 nitrogen and oxygen atoms in total. The summed E-state index contributed by atoms with van der Waals surface area (Å²) in [5, 5.41) is 0.908. The first-order chi connectivity index (χ1) is 21.6. The predicted octanol–water partition coefficient (Wildman–Crippen LogP) is 6.95. The van der Waals surface area contributed by atoms with Gasteiger partial charge < -0.3 is 9.64 Å². The average Bonchev–Trinajstić information content (AvgIpc) is 3.50. The zero-order chi connectivity index (χ0) is 30.0. The Hall–Kier alpha value is -5.36. The Morgan fingerprint density at radius 3 is 2.30 bits per heavy atom. The zero-order valence-electron chi connectivity index (χ0n) is 24.0. The fraction of sp³-hybridized carbons (Fsp3) is 0.158. The maximum atomic E-state index is 15.0. The number of rotatable bonds is 5. The van der Waals surface area contributed by atoms with Crippen molar-refractivity contribution in [2.75, 3.05) is 11.5 Å². The number of pyridine rings is 1.